The number of hydrogen-bond donors (Lipinski definition) is 0. The molecular formula is C16H19N3O. The molecule has 0 saturated carbocycles. The maximum Gasteiger partial charge on any atom is 0.121 e. The van der Waals surface area contributed by atoms with E-state index in [1.165, 1.54) is 0 Å². The SMILES string of the molecule is COc1ccc2c(N(C)C)c(CCC#N)c(C)nc2c1. The van der Waals surface area contributed by atoms with E-state index in [-0.39, 0.29) is 0 Å². The maximum atomic E-state index is 8.83. The van der Waals surface area contributed by atoms with Crippen LogP contribution in [-0.2, 0) is 6.42 Å². The van der Waals surface area contributed by atoms with Crippen LogP contribution in [0.15, 0.2) is 18.2 Å². The standard InChI is InChI=1S/C16H19N3O/c1-11-13(6-5-9-17)16(19(2)3)14-8-7-12(20-4)10-15(14)18-11/h7-8,10H,5-6H2,1-4H3. The van der Waals surface area contributed by atoms with E-state index in [9.17, 15) is 0 Å². The van der Waals surface area contributed by atoms with E-state index < -0.39 is 0 Å². The number of nitriles is 1. The van der Waals surface area contributed by atoms with Crippen molar-refractivity contribution in [3.8, 4) is 11.8 Å². The lowest BCUT2D eigenvalue weighted by Gasteiger charge is -2.21. The van der Waals surface area contributed by atoms with Gasteiger partial charge in [0.2, 0.25) is 0 Å². The Morgan fingerprint density at radius 3 is 2.70 bits per heavy atom. The molecule has 0 aliphatic carbocycles. The average molecular weight is 269 g/mol. The molecule has 104 valence electrons. The normalized spacial score (nSPS) is 10.3. The predicted octanol–water partition coefficient (Wildman–Crippen LogP) is 3.07. The first-order chi connectivity index (χ1) is 9.58. The lowest BCUT2D eigenvalue weighted by molar-refractivity contribution is 0.415. The van der Waals surface area contributed by atoms with Gasteiger partial charge >= 0.3 is 0 Å². The van der Waals surface area contributed by atoms with Gasteiger partial charge in [-0.2, -0.15) is 5.26 Å². The smallest absolute Gasteiger partial charge is 0.121 e. The summed E-state index contributed by atoms with van der Waals surface area (Å²) in [5.41, 5.74) is 4.19. The van der Waals surface area contributed by atoms with E-state index in [2.05, 4.69) is 16.0 Å². The van der Waals surface area contributed by atoms with Crippen LogP contribution < -0.4 is 9.64 Å². The Morgan fingerprint density at radius 2 is 2.10 bits per heavy atom. The zero-order chi connectivity index (χ0) is 14.7. The quantitative estimate of drug-likeness (QED) is 0.856. The highest BCUT2D eigenvalue weighted by Crippen LogP contribution is 2.33. The molecule has 0 aliphatic heterocycles. The number of benzene rings is 1. The van der Waals surface area contributed by atoms with Crippen molar-refractivity contribution >= 4 is 16.6 Å². The van der Waals surface area contributed by atoms with Gasteiger partial charge in [0, 0.05) is 37.7 Å². The Bertz CT molecular complexity index is 671. The molecule has 0 atom stereocenters. The topological polar surface area (TPSA) is 49.1 Å². The first-order valence-electron chi connectivity index (χ1n) is 6.60. The van der Waals surface area contributed by atoms with Gasteiger partial charge in [-0.3, -0.25) is 4.98 Å². The van der Waals surface area contributed by atoms with Gasteiger partial charge in [0.15, 0.2) is 0 Å². The fraction of sp³-hybridized carbons (Fsp3) is 0.375. The van der Waals surface area contributed by atoms with E-state index in [0.717, 1.165) is 40.0 Å². The first-order valence-corrected chi connectivity index (χ1v) is 6.60. The molecule has 2 aromatic rings. The van der Waals surface area contributed by atoms with Crippen molar-refractivity contribution in [1.29, 1.82) is 5.26 Å². The zero-order valence-electron chi connectivity index (χ0n) is 12.4. The second-order valence-corrected chi connectivity index (χ2v) is 4.96. The van der Waals surface area contributed by atoms with Crippen LogP contribution in [0.25, 0.3) is 10.9 Å². The summed E-state index contributed by atoms with van der Waals surface area (Å²) in [5, 5.41) is 9.92. The second kappa shape index (κ2) is 5.79. The molecule has 0 spiro atoms. The fourth-order valence-electron chi connectivity index (χ4n) is 2.50. The number of rotatable bonds is 4. The minimum absolute atomic E-state index is 0.505. The predicted molar refractivity (Wildman–Crippen MR) is 81.3 cm³/mol. The Hall–Kier alpha value is -2.28. The van der Waals surface area contributed by atoms with Crippen molar-refractivity contribution in [2.75, 3.05) is 26.1 Å². The summed E-state index contributed by atoms with van der Waals surface area (Å²) in [7, 11) is 5.70. The molecule has 0 bridgehead atoms. The van der Waals surface area contributed by atoms with Gasteiger partial charge in [-0.25, -0.2) is 0 Å². The van der Waals surface area contributed by atoms with E-state index in [1.54, 1.807) is 7.11 Å². The second-order valence-electron chi connectivity index (χ2n) is 4.96. The summed E-state index contributed by atoms with van der Waals surface area (Å²) >= 11 is 0. The highest BCUT2D eigenvalue weighted by atomic mass is 16.5. The third-order valence-electron chi connectivity index (χ3n) is 3.40. The van der Waals surface area contributed by atoms with Gasteiger partial charge in [-0.15, -0.1) is 0 Å². The lowest BCUT2D eigenvalue weighted by Crippen LogP contribution is -2.14. The van der Waals surface area contributed by atoms with Crippen LogP contribution in [0.5, 0.6) is 5.75 Å². The number of hydrogen-bond acceptors (Lipinski definition) is 4. The Morgan fingerprint density at radius 1 is 1.35 bits per heavy atom. The molecule has 20 heavy (non-hydrogen) atoms. The van der Waals surface area contributed by atoms with Crippen LogP contribution in [0, 0.1) is 18.3 Å². The van der Waals surface area contributed by atoms with Crippen LogP contribution in [0.4, 0.5) is 5.69 Å². The van der Waals surface area contributed by atoms with Crippen LogP contribution in [0.1, 0.15) is 17.7 Å². The molecule has 0 aliphatic rings. The summed E-state index contributed by atoms with van der Waals surface area (Å²) in [6.45, 7) is 2.00. The summed E-state index contributed by atoms with van der Waals surface area (Å²) in [5.74, 6) is 0.805. The van der Waals surface area contributed by atoms with E-state index in [0.29, 0.717) is 6.42 Å². The average Bonchev–Trinajstić information content (AvgIpc) is 2.43. The van der Waals surface area contributed by atoms with Crippen molar-refractivity contribution < 1.29 is 4.74 Å². The zero-order valence-corrected chi connectivity index (χ0v) is 12.4. The van der Waals surface area contributed by atoms with Crippen LogP contribution >= 0.6 is 0 Å². The number of aryl methyl sites for hydroxylation is 1. The molecule has 0 fully saturated rings. The number of methoxy groups -OCH3 is 1. The molecule has 4 heteroatoms. The molecular weight excluding hydrogens is 250 g/mol. The summed E-state index contributed by atoms with van der Waals surface area (Å²) in [6, 6.07) is 8.14. The largest absolute Gasteiger partial charge is 0.497 e. The molecule has 1 heterocycles. The van der Waals surface area contributed by atoms with Gasteiger partial charge in [-0.05, 0) is 31.0 Å². The molecule has 4 nitrogen and oxygen atoms in total. The summed E-state index contributed by atoms with van der Waals surface area (Å²) < 4.78 is 5.26. The Labute approximate surface area is 119 Å². The number of anilines is 1. The van der Waals surface area contributed by atoms with E-state index >= 15 is 0 Å². The van der Waals surface area contributed by atoms with E-state index in [4.69, 9.17) is 10.00 Å². The highest BCUT2D eigenvalue weighted by molar-refractivity contribution is 5.94. The van der Waals surface area contributed by atoms with E-state index in [1.807, 2.05) is 39.2 Å². The molecule has 2 rings (SSSR count). The molecule has 1 aromatic heterocycles. The minimum atomic E-state index is 0.505. The number of aromatic nitrogens is 1. The number of pyridine rings is 1. The van der Waals surface area contributed by atoms with Gasteiger partial charge in [0.25, 0.3) is 0 Å². The molecule has 0 N–H and O–H groups in total. The maximum absolute atomic E-state index is 8.83. The minimum Gasteiger partial charge on any atom is -0.497 e. The monoisotopic (exact) mass is 269 g/mol. The van der Waals surface area contributed by atoms with Crippen LogP contribution in [-0.4, -0.2) is 26.2 Å². The van der Waals surface area contributed by atoms with Crippen molar-refractivity contribution in [3.05, 3.63) is 29.5 Å². The fourth-order valence-corrected chi connectivity index (χ4v) is 2.50. The van der Waals surface area contributed by atoms with Crippen molar-refractivity contribution in [3.63, 3.8) is 0 Å². The van der Waals surface area contributed by atoms with Crippen LogP contribution in [0.2, 0.25) is 0 Å². The third kappa shape index (κ3) is 2.53. The summed E-state index contributed by atoms with van der Waals surface area (Å²) in [6.07, 6.45) is 1.23. The van der Waals surface area contributed by atoms with Gasteiger partial charge in [0.1, 0.15) is 5.75 Å². The molecule has 0 amide bonds. The van der Waals surface area contributed by atoms with Crippen molar-refractivity contribution in [2.45, 2.75) is 19.8 Å². The lowest BCUT2D eigenvalue weighted by atomic mass is 10.0. The van der Waals surface area contributed by atoms with Gasteiger partial charge in [0.05, 0.1) is 24.4 Å². The molecule has 0 radical (unpaired) electrons. The van der Waals surface area contributed by atoms with Gasteiger partial charge < -0.3 is 9.64 Å². The Kier molecular flexibility index (Phi) is 4.09. The molecule has 0 saturated heterocycles. The third-order valence-corrected chi connectivity index (χ3v) is 3.40. The van der Waals surface area contributed by atoms with Crippen LogP contribution in [0.3, 0.4) is 0 Å². The van der Waals surface area contributed by atoms with Gasteiger partial charge in [-0.1, -0.05) is 0 Å². The van der Waals surface area contributed by atoms with Crippen molar-refractivity contribution in [2.24, 2.45) is 0 Å². The first kappa shape index (κ1) is 14.1. The number of fused-ring (bicyclic) bond motifs is 1. The number of ether oxygens (including phenoxy) is 1. The molecule has 1 aromatic carbocycles. The Balaban J connectivity index is 2.71. The number of nitrogens with zero attached hydrogens (tertiary/aromatic N) is 3. The highest BCUT2D eigenvalue weighted by Gasteiger charge is 2.14. The molecule has 0 unspecified atom stereocenters. The van der Waals surface area contributed by atoms with Crippen molar-refractivity contribution in [1.82, 2.24) is 4.98 Å². The summed E-state index contributed by atoms with van der Waals surface area (Å²) in [4.78, 5) is 6.76.